The molecule has 2 amide bonds. The van der Waals surface area contributed by atoms with E-state index in [-0.39, 0.29) is 11.8 Å². The van der Waals surface area contributed by atoms with Gasteiger partial charge in [0.1, 0.15) is 0 Å². The zero-order chi connectivity index (χ0) is 23.8. The SMILES string of the molecule is CNC(=O)c1ccc(CN(C)C(=O)c2ccc(NS(=O)(=O)/C=C/c3ccccc3)cc2)cc1. The quantitative estimate of drug-likeness (QED) is 0.532. The number of carbonyl (C=O) groups is 2. The average molecular weight is 464 g/mol. The van der Waals surface area contributed by atoms with Crippen LogP contribution in [-0.4, -0.2) is 39.2 Å². The lowest BCUT2D eigenvalue weighted by Crippen LogP contribution is -2.26. The average Bonchev–Trinajstić information content (AvgIpc) is 2.83. The maximum Gasteiger partial charge on any atom is 0.255 e. The lowest BCUT2D eigenvalue weighted by molar-refractivity contribution is 0.0784. The number of nitrogens with one attached hydrogen (secondary N) is 2. The molecule has 0 bridgehead atoms. The monoisotopic (exact) mass is 463 g/mol. The van der Waals surface area contributed by atoms with Crippen molar-refractivity contribution in [3.05, 3.63) is 107 Å². The summed E-state index contributed by atoms with van der Waals surface area (Å²) in [5.74, 6) is -0.374. The molecule has 3 aromatic carbocycles. The molecule has 3 aromatic rings. The van der Waals surface area contributed by atoms with Gasteiger partial charge in [0.15, 0.2) is 0 Å². The Balaban J connectivity index is 1.61. The second kappa shape index (κ2) is 10.6. The smallest absolute Gasteiger partial charge is 0.255 e. The van der Waals surface area contributed by atoms with Crippen LogP contribution >= 0.6 is 0 Å². The first-order valence-corrected chi connectivity index (χ1v) is 11.7. The third-order valence-corrected chi connectivity index (χ3v) is 5.86. The van der Waals surface area contributed by atoms with Crippen molar-refractivity contribution < 1.29 is 18.0 Å². The van der Waals surface area contributed by atoms with Crippen LogP contribution < -0.4 is 10.0 Å². The van der Waals surface area contributed by atoms with Gasteiger partial charge in [-0.15, -0.1) is 0 Å². The Labute approximate surface area is 193 Å². The van der Waals surface area contributed by atoms with E-state index < -0.39 is 10.0 Å². The van der Waals surface area contributed by atoms with E-state index >= 15 is 0 Å². The van der Waals surface area contributed by atoms with Crippen LogP contribution in [0.1, 0.15) is 31.8 Å². The van der Waals surface area contributed by atoms with E-state index in [2.05, 4.69) is 10.0 Å². The summed E-state index contributed by atoms with van der Waals surface area (Å²) in [5, 5.41) is 3.67. The predicted molar refractivity (Wildman–Crippen MR) is 130 cm³/mol. The minimum absolute atomic E-state index is 0.169. The summed E-state index contributed by atoms with van der Waals surface area (Å²) < 4.78 is 27.1. The van der Waals surface area contributed by atoms with Gasteiger partial charge in [0, 0.05) is 37.5 Å². The molecule has 0 aliphatic heterocycles. The minimum atomic E-state index is -3.69. The van der Waals surface area contributed by atoms with E-state index in [1.807, 2.05) is 18.2 Å². The van der Waals surface area contributed by atoms with Gasteiger partial charge >= 0.3 is 0 Å². The van der Waals surface area contributed by atoms with Crippen LogP contribution in [0.4, 0.5) is 5.69 Å². The van der Waals surface area contributed by atoms with Crippen LogP contribution in [-0.2, 0) is 16.6 Å². The van der Waals surface area contributed by atoms with Gasteiger partial charge in [0.2, 0.25) is 0 Å². The highest BCUT2D eigenvalue weighted by molar-refractivity contribution is 7.95. The summed E-state index contributed by atoms with van der Waals surface area (Å²) in [4.78, 5) is 25.9. The molecule has 0 saturated carbocycles. The summed E-state index contributed by atoms with van der Waals surface area (Å²) in [6, 6.07) is 22.4. The predicted octanol–water partition coefficient (Wildman–Crippen LogP) is 3.73. The van der Waals surface area contributed by atoms with Crippen molar-refractivity contribution in [3.8, 4) is 0 Å². The zero-order valence-corrected chi connectivity index (χ0v) is 19.2. The van der Waals surface area contributed by atoms with Crippen molar-refractivity contribution >= 4 is 33.6 Å². The third-order valence-electron chi connectivity index (χ3n) is 4.84. The number of sulfonamides is 1. The standard InChI is InChI=1S/C25H25N3O4S/c1-26-24(29)21-10-8-20(9-11-21)18-28(2)25(30)22-12-14-23(15-13-22)27-33(31,32)17-16-19-6-4-3-5-7-19/h3-17,27H,18H2,1-2H3,(H,26,29)/b17-16+. The van der Waals surface area contributed by atoms with Gasteiger partial charge in [0.25, 0.3) is 21.8 Å². The Morgan fingerprint density at radius 2 is 1.48 bits per heavy atom. The van der Waals surface area contributed by atoms with Gasteiger partial charge < -0.3 is 10.2 Å². The van der Waals surface area contributed by atoms with Gasteiger partial charge in [-0.05, 0) is 53.6 Å². The van der Waals surface area contributed by atoms with Gasteiger partial charge in [0.05, 0.1) is 5.41 Å². The van der Waals surface area contributed by atoms with E-state index in [1.165, 1.54) is 6.08 Å². The largest absolute Gasteiger partial charge is 0.355 e. The van der Waals surface area contributed by atoms with E-state index in [4.69, 9.17) is 0 Å². The Morgan fingerprint density at radius 1 is 0.879 bits per heavy atom. The van der Waals surface area contributed by atoms with E-state index in [9.17, 15) is 18.0 Å². The van der Waals surface area contributed by atoms with Crippen molar-refractivity contribution in [3.63, 3.8) is 0 Å². The van der Waals surface area contributed by atoms with E-state index in [0.29, 0.717) is 23.4 Å². The summed E-state index contributed by atoms with van der Waals surface area (Å²) in [6.07, 6.45) is 1.51. The maximum atomic E-state index is 12.7. The first-order chi connectivity index (χ1) is 15.8. The normalized spacial score (nSPS) is 11.2. The third kappa shape index (κ3) is 6.78. The van der Waals surface area contributed by atoms with Crippen LogP contribution in [0.5, 0.6) is 0 Å². The molecule has 0 atom stereocenters. The van der Waals surface area contributed by atoms with Gasteiger partial charge in [-0.1, -0.05) is 42.5 Å². The molecule has 0 radical (unpaired) electrons. The number of hydrogen-bond donors (Lipinski definition) is 2. The molecular weight excluding hydrogens is 438 g/mol. The Kier molecular flexibility index (Phi) is 7.63. The number of rotatable bonds is 8. The molecular formula is C25H25N3O4S. The summed E-state index contributed by atoms with van der Waals surface area (Å²) in [5.41, 5.74) is 2.99. The highest BCUT2D eigenvalue weighted by Crippen LogP contribution is 2.15. The molecule has 0 unspecified atom stereocenters. The Morgan fingerprint density at radius 3 is 2.09 bits per heavy atom. The molecule has 0 spiro atoms. The topological polar surface area (TPSA) is 95.6 Å². The molecule has 8 heteroatoms. The van der Waals surface area contributed by atoms with Crippen molar-refractivity contribution in [1.82, 2.24) is 10.2 Å². The van der Waals surface area contributed by atoms with Crippen molar-refractivity contribution in [2.45, 2.75) is 6.54 Å². The van der Waals surface area contributed by atoms with Crippen LogP contribution in [0.15, 0.2) is 84.3 Å². The number of anilines is 1. The molecule has 2 N–H and O–H groups in total. The molecule has 0 aromatic heterocycles. The highest BCUT2D eigenvalue weighted by atomic mass is 32.2. The first kappa shape index (κ1) is 23.7. The number of benzene rings is 3. The summed E-state index contributed by atoms with van der Waals surface area (Å²) in [6.45, 7) is 0.367. The highest BCUT2D eigenvalue weighted by Gasteiger charge is 2.13. The molecule has 0 heterocycles. The number of carbonyl (C=O) groups excluding carboxylic acids is 2. The van der Waals surface area contributed by atoms with E-state index in [0.717, 1.165) is 16.5 Å². The van der Waals surface area contributed by atoms with Gasteiger partial charge in [-0.3, -0.25) is 14.3 Å². The lowest BCUT2D eigenvalue weighted by atomic mass is 10.1. The fraction of sp³-hybridized carbons (Fsp3) is 0.120. The van der Waals surface area contributed by atoms with Crippen molar-refractivity contribution in [1.29, 1.82) is 0 Å². The second-order valence-corrected chi connectivity index (χ2v) is 8.94. The second-order valence-electron chi connectivity index (χ2n) is 7.38. The van der Waals surface area contributed by atoms with Crippen molar-refractivity contribution in [2.24, 2.45) is 0 Å². The number of amides is 2. The fourth-order valence-electron chi connectivity index (χ4n) is 3.08. The lowest BCUT2D eigenvalue weighted by Gasteiger charge is -2.18. The molecule has 3 rings (SSSR count). The fourth-order valence-corrected chi connectivity index (χ4v) is 3.95. The zero-order valence-electron chi connectivity index (χ0n) is 18.4. The first-order valence-electron chi connectivity index (χ1n) is 10.2. The minimum Gasteiger partial charge on any atom is -0.355 e. The molecule has 0 saturated heterocycles. The molecule has 0 fully saturated rings. The Hall–Kier alpha value is -3.91. The number of hydrogen-bond acceptors (Lipinski definition) is 4. The van der Waals surface area contributed by atoms with Gasteiger partial charge in [-0.25, -0.2) is 8.42 Å². The van der Waals surface area contributed by atoms with Crippen molar-refractivity contribution in [2.75, 3.05) is 18.8 Å². The van der Waals surface area contributed by atoms with E-state index in [1.54, 1.807) is 79.7 Å². The van der Waals surface area contributed by atoms with Crippen LogP contribution in [0.25, 0.3) is 6.08 Å². The summed E-state index contributed by atoms with van der Waals surface area (Å²) in [7, 11) is -0.439. The van der Waals surface area contributed by atoms with Crippen LogP contribution in [0, 0.1) is 0 Å². The maximum absolute atomic E-state index is 12.7. The number of nitrogens with zero attached hydrogens (tertiary/aromatic N) is 1. The summed E-state index contributed by atoms with van der Waals surface area (Å²) >= 11 is 0. The van der Waals surface area contributed by atoms with Crippen LogP contribution in [0.3, 0.4) is 0 Å². The molecule has 170 valence electrons. The van der Waals surface area contributed by atoms with Gasteiger partial charge in [-0.2, -0.15) is 0 Å². The molecule has 0 aliphatic carbocycles. The van der Waals surface area contributed by atoms with Crippen LogP contribution in [0.2, 0.25) is 0 Å². The molecule has 0 aliphatic rings. The Bertz CT molecular complexity index is 1240. The molecule has 7 nitrogen and oxygen atoms in total. The molecule has 33 heavy (non-hydrogen) atoms.